The van der Waals surface area contributed by atoms with Crippen molar-refractivity contribution in [1.29, 1.82) is 0 Å². The van der Waals surface area contributed by atoms with Crippen molar-refractivity contribution in [3.63, 3.8) is 0 Å². The van der Waals surface area contributed by atoms with Gasteiger partial charge in [0.05, 0.1) is 11.8 Å². The van der Waals surface area contributed by atoms with Gasteiger partial charge in [-0.3, -0.25) is 5.01 Å². The highest BCUT2D eigenvalue weighted by Gasteiger charge is 2.11. The zero-order valence-corrected chi connectivity index (χ0v) is 13.1. The second-order valence-corrected chi connectivity index (χ2v) is 5.92. The van der Waals surface area contributed by atoms with Gasteiger partial charge in [-0.1, -0.05) is 50.0 Å². The molecule has 0 unspecified atom stereocenters. The first kappa shape index (κ1) is 15.1. The average Bonchev–Trinajstić information content (AvgIpc) is 2.90. The number of unbranched alkanes of at least 4 members (excludes halogenated alkanes) is 4. The van der Waals surface area contributed by atoms with Crippen LogP contribution in [0.25, 0.3) is 10.2 Å². The Morgan fingerprint density at radius 1 is 1.25 bits per heavy atom. The van der Waals surface area contributed by atoms with Crippen molar-refractivity contribution in [2.24, 2.45) is 5.84 Å². The number of aromatic nitrogens is 1. The molecule has 0 saturated heterocycles. The quantitative estimate of drug-likeness (QED) is 0.455. The maximum atomic E-state index is 6.11. The molecule has 5 heteroatoms. The minimum Gasteiger partial charge on any atom is -0.494 e. The van der Waals surface area contributed by atoms with Crippen molar-refractivity contribution < 1.29 is 4.74 Å². The molecule has 0 aliphatic carbocycles. The Morgan fingerprint density at radius 2 is 2.05 bits per heavy atom. The zero-order valence-electron chi connectivity index (χ0n) is 12.3. The molecule has 0 spiro atoms. The Balaban J connectivity index is 1.98. The first-order valence-corrected chi connectivity index (χ1v) is 8.03. The van der Waals surface area contributed by atoms with E-state index in [0.29, 0.717) is 0 Å². The third-order valence-electron chi connectivity index (χ3n) is 3.34. The second-order valence-electron chi connectivity index (χ2n) is 4.91. The lowest BCUT2D eigenvalue weighted by atomic mass is 10.1. The van der Waals surface area contributed by atoms with Gasteiger partial charge in [-0.05, 0) is 18.6 Å². The van der Waals surface area contributed by atoms with Crippen molar-refractivity contribution in [1.82, 2.24) is 4.98 Å². The van der Waals surface area contributed by atoms with Crippen molar-refractivity contribution >= 4 is 26.7 Å². The Hall–Kier alpha value is -1.33. The number of methoxy groups -OCH3 is 1. The summed E-state index contributed by atoms with van der Waals surface area (Å²) in [5, 5.41) is 2.62. The van der Waals surface area contributed by atoms with Crippen molar-refractivity contribution in [3.05, 3.63) is 18.2 Å². The van der Waals surface area contributed by atoms with E-state index in [4.69, 9.17) is 10.6 Å². The smallest absolute Gasteiger partial charge is 0.200 e. The Kier molecular flexibility index (Phi) is 5.61. The van der Waals surface area contributed by atoms with E-state index in [2.05, 4.69) is 11.9 Å². The molecule has 2 N–H and O–H groups in total. The molecule has 110 valence electrons. The monoisotopic (exact) mass is 293 g/mol. The van der Waals surface area contributed by atoms with Gasteiger partial charge in [0.2, 0.25) is 5.13 Å². The molecule has 1 aromatic carbocycles. The first-order valence-electron chi connectivity index (χ1n) is 7.22. The lowest BCUT2D eigenvalue weighted by Gasteiger charge is -2.14. The number of fused-ring (bicyclic) bond motifs is 1. The first-order chi connectivity index (χ1) is 9.76. The highest BCUT2D eigenvalue weighted by Crippen LogP contribution is 2.33. The van der Waals surface area contributed by atoms with Crippen molar-refractivity contribution in [3.8, 4) is 5.75 Å². The third-order valence-corrected chi connectivity index (χ3v) is 4.40. The zero-order chi connectivity index (χ0) is 14.4. The minimum atomic E-state index is 0.807. The van der Waals surface area contributed by atoms with E-state index < -0.39 is 0 Å². The predicted octanol–water partition coefficient (Wildman–Crippen LogP) is 3.96. The molecule has 0 aliphatic rings. The molecule has 20 heavy (non-hydrogen) atoms. The van der Waals surface area contributed by atoms with Gasteiger partial charge >= 0.3 is 0 Å². The fourth-order valence-corrected chi connectivity index (χ4v) is 3.11. The van der Waals surface area contributed by atoms with Crippen LogP contribution >= 0.6 is 11.3 Å². The highest BCUT2D eigenvalue weighted by molar-refractivity contribution is 7.22. The number of thiazole rings is 1. The standard InChI is InChI=1S/C15H23N3OS/c1-3-4-5-6-7-11-18(16)15-17-14-12(19-2)9-8-10-13(14)20-15/h8-10H,3-7,11,16H2,1-2H3. The van der Waals surface area contributed by atoms with E-state index in [9.17, 15) is 0 Å². The number of hydrazine groups is 1. The molecule has 1 aromatic heterocycles. The summed E-state index contributed by atoms with van der Waals surface area (Å²) in [5.41, 5.74) is 0.899. The lowest BCUT2D eigenvalue weighted by molar-refractivity contribution is 0.419. The van der Waals surface area contributed by atoms with Gasteiger partial charge in [-0.15, -0.1) is 0 Å². The fourth-order valence-electron chi connectivity index (χ4n) is 2.18. The van der Waals surface area contributed by atoms with E-state index in [1.54, 1.807) is 23.5 Å². The van der Waals surface area contributed by atoms with Gasteiger partial charge in [0.15, 0.2) is 0 Å². The number of ether oxygens (including phenoxy) is 1. The van der Waals surface area contributed by atoms with Crippen LogP contribution in [0.4, 0.5) is 5.13 Å². The molecule has 4 nitrogen and oxygen atoms in total. The molecule has 1 heterocycles. The van der Waals surface area contributed by atoms with Crippen LogP contribution in [-0.4, -0.2) is 18.6 Å². The summed E-state index contributed by atoms with van der Waals surface area (Å²) in [4.78, 5) is 4.59. The molecule has 0 saturated carbocycles. The van der Waals surface area contributed by atoms with Crippen LogP contribution in [0, 0.1) is 0 Å². The number of anilines is 1. The van der Waals surface area contributed by atoms with Crippen LogP contribution in [0.3, 0.4) is 0 Å². The second kappa shape index (κ2) is 7.45. The van der Waals surface area contributed by atoms with Crippen LogP contribution in [-0.2, 0) is 0 Å². The van der Waals surface area contributed by atoms with Gasteiger partial charge in [-0.25, -0.2) is 10.8 Å². The number of para-hydroxylation sites is 1. The predicted molar refractivity (Wildman–Crippen MR) is 86.5 cm³/mol. The van der Waals surface area contributed by atoms with E-state index in [1.165, 1.54) is 25.7 Å². The normalized spacial score (nSPS) is 10.9. The summed E-state index contributed by atoms with van der Waals surface area (Å²) in [6.45, 7) is 3.08. The summed E-state index contributed by atoms with van der Waals surface area (Å²) in [7, 11) is 1.67. The highest BCUT2D eigenvalue weighted by atomic mass is 32.1. The van der Waals surface area contributed by atoms with E-state index in [-0.39, 0.29) is 0 Å². The summed E-state index contributed by atoms with van der Waals surface area (Å²) in [6.07, 6.45) is 6.21. The maximum Gasteiger partial charge on any atom is 0.200 e. The number of benzene rings is 1. The molecule has 0 amide bonds. The molecule has 0 radical (unpaired) electrons. The Labute approximate surface area is 124 Å². The molecule has 0 fully saturated rings. The number of nitrogens with two attached hydrogens (primary N) is 1. The summed E-state index contributed by atoms with van der Waals surface area (Å²) < 4.78 is 6.44. The van der Waals surface area contributed by atoms with Crippen molar-refractivity contribution in [2.45, 2.75) is 39.0 Å². The molecule has 0 aliphatic heterocycles. The summed E-state index contributed by atoms with van der Waals surface area (Å²) in [5.74, 6) is 6.91. The number of rotatable bonds is 8. The molecule has 2 aromatic rings. The van der Waals surface area contributed by atoms with E-state index in [0.717, 1.165) is 34.1 Å². The molecular weight excluding hydrogens is 270 g/mol. The fraction of sp³-hybridized carbons (Fsp3) is 0.533. The van der Waals surface area contributed by atoms with Crippen LogP contribution in [0.5, 0.6) is 5.75 Å². The van der Waals surface area contributed by atoms with Gasteiger partial charge in [0, 0.05) is 6.54 Å². The van der Waals surface area contributed by atoms with Gasteiger partial charge in [0.25, 0.3) is 0 Å². The van der Waals surface area contributed by atoms with Crippen LogP contribution in [0.1, 0.15) is 39.0 Å². The SMILES string of the molecule is CCCCCCCN(N)c1nc2c(OC)cccc2s1. The van der Waals surface area contributed by atoms with Gasteiger partial charge in [-0.2, -0.15) is 0 Å². The summed E-state index contributed by atoms with van der Waals surface area (Å²) in [6, 6.07) is 5.96. The Bertz CT molecular complexity index is 541. The average molecular weight is 293 g/mol. The topological polar surface area (TPSA) is 51.4 Å². The van der Waals surface area contributed by atoms with E-state index >= 15 is 0 Å². The van der Waals surface area contributed by atoms with E-state index in [1.807, 2.05) is 18.2 Å². The third kappa shape index (κ3) is 3.61. The molecular formula is C15H23N3OS. The number of hydrogen-bond acceptors (Lipinski definition) is 5. The van der Waals surface area contributed by atoms with Crippen LogP contribution < -0.4 is 15.6 Å². The Morgan fingerprint density at radius 3 is 2.80 bits per heavy atom. The van der Waals surface area contributed by atoms with Gasteiger partial charge in [0.1, 0.15) is 11.3 Å². The van der Waals surface area contributed by atoms with Gasteiger partial charge < -0.3 is 4.74 Å². The maximum absolute atomic E-state index is 6.11. The molecule has 0 atom stereocenters. The summed E-state index contributed by atoms with van der Waals surface area (Å²) >= 11 is 1.61. The van der Waals surface area contributed by atoms with Crippen LogP contribution in [0.2, 0.25) is 0 Å². The minimum absolute atomic E-state index is 0.807. The van der Waals surface area contributed by atoms with Crippen molar-refractivity contribution in [2.75, 3.05) is 18.7 Å². The number of hydrogen-bond donors (Lipinski definition) is 1. The largest absolute Gasteiger partial charge is 0.494 e. The van der Waals surface area contributed by atoms with Crippen LogP contribution in [0.15, 0.2) is 18.2 Å². The lowest BCUT2D eigenvalue weighted by Crippen LogP contribution is -2.31. The molecule has 0 bridgehead atoms. The molecule has 2 rings (SSSR count). The number of nitrogens with zero attached hydrogens (tertiary/aromatic N) is 2.